The Labute approximate surface area is 122 Å². The number of rotatable bonds is 4. The van der Waals surface area contributed by atoms with E-state index in [1.54, 1.807) is 24.3 Å². The van der Waals surface area contributed by atoms with Crippen molar-refractivity contribution in [2.75, 3.05) is 11.4 Å². The van der Waals surface area contributed by atoms with Gasteiger partial charge >= 0.3 is 0 Å². The highest BCUT2D eigenvalue weighted by Crippen LogP contribution is 2.32. The summed E-state index contributed by atoms with van der Waals surface area (Å²) in [4.78, 5) is 13.3. The average Bonchev–Trinajstić information content (AvgIpc) is 2.43. The molecule has 0 bridgehead atoms. The third-order valence-corrected chi connectivity index (χ3v) is 3.40. The van der Waals surface area contributed by atoms with Gasteiger partial charge in [0.05, 0.1) is 10.7 Å². The molecule has 0 fully saturated rings. The van der Waals surface area contributed by atoms with Gasteiger partial charge in [0.15, 0.2) is 5.78 Å². The minimum atomic E-state index is -0.275. The van der Waals surface area contributed by atoms with Gasteiger partial charge in [-0.15, -0.1) is 0 Å². The van der Waals surface area contributed by atoms with Gasteiger partial charge in [0, 0.05) is 17.8 Å². The Morgan fingerprint density at radius 2 is 1.85 bits per heavy atom. The fourth-order valence-corrected chi connectivity index (χ4v) is 2.34. The quantitative estimate of drug-likeness (QED) is 0.751. The maximum atomic E-state index is 13.0. The fraction of sp³-hybridized carbons (Fsp3) is 0.188. The lowest BCUT2D eigenvalue weighted by molar-refractivity contribution is 0.101. The zero-order chi connectivity index (χ0) is 14.7. The molecule has 0 saturated heterocycles. The van der Waals surface area contributed by atoms with Crippen LogP contribution in [0.4, 0.5) is 15.8 Å². The summed E-state index contributed by atoms with van der Waals surface area (Å²) in [6.07, 6.45) is 0. The monoisotopic (exact) mass is 291 g/mol. The molecule has 104 valence electrons. The van der Waals surface area contributed by atoms with Crippen molar-refractivity contribution in [2.45, 2.75) is 13.8 Å². The van der Waals surface area contributed by atoms with Crippen molar-refractivity contribution < 1.29 is 9.18 Å². The van der Waals surface area contributed by atoms with Crippen LogP contribution in [0.25, 0.3) is 0 Å². The maximum Gasteiger partial charge on any atom is 0.159 e. The summed E-state index contributed by atoms with van der Waals surface area (Å²) in [5.41, 5.74) is 2.23. The van der Waals surface area contributed by atoms with Crippen LogP contribution in [0.15, 0.2) is 42.5 Å². The van der Waals surface area contributed by atoms with Crippen molar-refractivity contribution in [3.63, 3.8) is 0 Å². The molecule has 0 aromatic heterocycles. The largest absolute Gasteiger partial charge is 0.341 e. The molecule has 0 radical (unpaired) electrons. The molecule has 2 aromatic carbocycles. The molecule has 0 aliphatic heterocycles. The molecule has 0 saturated carbocycles. The fourth-order valence-electron chi connectivity index (χ4n) is 2.06. The van der Waals surface area contributed by atoms with E-state index >= 15 is 0 Å². The molecule has 0 atom stereocenters. The first-order chi connectivity index (χ1) is 9.52. The van der Waals surface area contributed by atoms with Crippen molar-refractivity contribution >= 4 is 28.8 Å². The Morgan fingerprint density at radius 1 is 1.20 bits per heavy atom. The lowest BCUT2D eigenvalue weighted by Crippen LogP contribution is -2.16. The van der Waals surface area contributed by atoms with Crippen LogP contribution in [0.1, 0.15) is 24.2 Å². The molecule has 2 aromatic rings. The Kier molecular flexibility index (Phi) is 4.40. The molecule has 0 unspecified atom stereocenters. The minimum Gasteiger partial charge on any atom is -0.341 e. The maximum absolute atomic E-state index is 13.0. The first-order valence-corrected chi connectivity index (χ1v) is 6.74. The van der Waals surface area contributed by atoms with E-state index in [0.717, 1.165) is 11.4 Å². The molecular formula is C16H15ClFNO. The van der Waals surface area contributed by atoms with Crippen LogP contribution >= 0.6 is 11.6 Å². The third kappa shape index (κ3) is 2.99. The van der Waals surface area contributed by atoms with E-state index in [2.05, 4.69) is 0 Å². The summed E-state index contributed by atoms with van der Waals surface area (Å²) in [6, 6.07) is 11.4. The molecule has 2 nitrogen and oxygen atoms in total. The summed E-state index contributed by atoms with van der Waals surface area (Å²) < 4.78 is 13.0. The van der Waals surface area contributed by atoms with Gasteiger partial charge in [-0.1, -0.05) is 11.6 Å². The van der Waals surface area contributed by atoms with Crippen molar-refractivity contribution in [3.05, 3.63) is 58.9 Å². The van der Waals surface area contributed by atoms with Crippen molar-refractivity contribution in [2.24, 2.45) is 0 Å². The number of hydrogen-bond donors (Lipinski definition) is 0. The predicted molar refractivity (Wildman–Crippen MR) is 80.5 cm³/mol. The Morgan fingerprint density at radius 3 is 2.35 bits per heavy atom. The standard InChI is InChI=1S/C16H15ClFNO/c1-3-19(14-7-5-13(18)6-8-14)16-9-4-12(11(2)20)10-15(16)17/h4-10H,3H2,1-2H3. The van der Waals surface area contributed by atoms with E-state index in [1.807, 2.05) is 17.9 Å². The van der Waals surface area contributed by atoms with Gasteiger partial charge in [-0.3, -0.25) is 4.79 Å². The van der Waals surface area contributed by atoms with Gasteiger partial charge in [0.2, 0.25) is 0 Å². The number of carbonyl (C=O) groups is 1. The Balaban J connectivity index is 2.41. The zero-order valence-electron chi connectivity index (χ0n) is 11.4. The molecule has 0 amide bonds. The number of anilines is 2. The molecule has 20 heavy (non-hydrogen) atoms. The molecule has 2 rings (SSSR count). The highest BCUT2D eigenvalue weighted by molar-refractivity contribution is 6.33. The number of hydrogen-bond acceptors (Lipinski definition) is 2. The van der Waals surface area contributed by atoms with E-state index < -0.39 is 0 Å². The van der Waals surface area contributed by atoms with E-state index in [1.165, 1.54) is 19.1 Å². The highest BCUT2D eigenvalue weighted by atomic mass is 35.5. The van der Waals surface area contributed by atoms with E-state index in [9.17, 15) is 9.18 Å². The minimum absolute atomic E-state index is 0.0247. The van der Waals surface area contributed by atoms with Gasteiger partial charge in [0.25, 0.3) is 0 Å². The van der Waals surface area contributed by atoms with Crippen LogP contribution < -0.4 is 4.90 Å². The van der Waals surface area contributed by atoms with E-state index in [-0.39, 0.29) is 11.6 Å². The summed E-state index contributed by atoms with van der Waals surface area (Å²) in [7, 11) is 0. The number of carbonyl (C=O) groups excluding carboxylic acids is 1. The first-order valence-electron chi connectivity index (χ1n) is 6.36. The van der Waals surface area contributed by atoms with Gasteiger partial charge in [-0.2, -0.15) is 0 Å². The molecule has 4 heteroatoms. The smallest absolute Gasteiger partial charge is 0.159 e. The van der Waals surface area contributed by atoms with Crippen LogP contribution in [-0.4, -0.2) is 12.3 Å². The van der Waals surface area contributed by atoms with Crippen molar-refractivity contribution in [3.8, 4) is 0 Å². The van der Waals surface area contributed by atoms with E-state index in [4.69, 9.17) is 11.6 Å². The number of Topliss-reactive ketones (excluding diaryl/α,β-unsaturated/α-hetero) is 1. The van der Waals surface area contributed by atoms with Gasteiger partial charge in [-0.25, -0.2) is 4.39 Å². The SMILES string of the molecule is CCN(c1ccc(F)cc1)c1ccc(C(C)=O)cc1Cl. The summed E-state index contributed by atoms with van der Waals surface area (Å²) in [6.45, 7) is 4.17. The number of nitrogens with zero attached hydrogens (tertiary/aromatic N) is 1. The van der Waals surface area contributed by atoms with Crippen molar-refractivity contribution in [1.82, 2.24) is 0 Å². The Hall–Kier alpha value is -1.87. The molecular weight excluding hydrogens is 277 g/mol. The second-order valence-electron chi connectivity index (χ2n) is 4.44. The molecule has 0 spiro atoms. The Bertz CT molecular complexity index is 625. The predicted octanol–water partition coefficient (Wildman–Crippen LogP) is 4.84. The summed E-state index contributed by atoms with van der Waals surface area (Å²) in [5, 5.41) is 0.504. The topological polar surface area (TPSA) is 20.3 Å². The van der Waals surface area contributed by atoms with Gasteiger partial charge < -0.3 is 4.90 Å². The first kappa shape index (κ1) is 14.5. The number of ketones is 1. The van der Waals surface area contributed by atoms with Gasteiger partial charge in [0.1, 0.15) is 5.82 Å². The summed E-state index contributed by atoms with van der Waals surface area (Å²) >= 11 is 6.26. The van der Waals surface area contributed by atoms with Crippen LogP contribution in [0.3, 0.4) is 0 Å². The molecule has 0 heterocycles. The lowest BCUT2D eigenvalue weighted by atomic mass is 10.1. The van der Waals surface area contributed by atoms with Gasteiger partial charge in [-0.05, 0) is 56.3 Å². The van der Waals surface area contributed by atoms with Crippen LogP contribution in [0, 0.1) is 5.82 Å². The number of benzene rings is 2. The third-order valence-electron chi connectivity index (χ3n) is 3.10. The molecule has 0 aliphatic carbocycles. The lowest BCUT2D eigenvalue weighted by Gasteiger charge is -2.24. The van der Waals surface area contributed by atoms with E-state index in [0.29, 0.717) is 17.1 Å². The van der Waals surface area contributed by atoms with Crippen LogP contribution in [0.5, 0.6) is 0 Å². The molecule has 0 N–H and O–H groups in total. The summed E-state index contributed by atoms with van der Waals surface area (Å²) in [5.74, 6) is -0.300. The normalized spacial score (nSPS) is 10.4. The zero-order valence-corrected chi connectivity index (χ0v) is 12.1. The molecule has 0 aliphatic rings. The average molecular weight is 292 g/mol. The van der Waals surface area contributed by atoms with Crippen LogP contribution in [-0.2, 0) is 0 Å². The van der Waals surface area contributed by atoms with Crippen LogP contribution in [0.2, 0.25) is 5.02 Å². The second kappa shape index (κ2) is 6.06. The van der Waals surface area contributed by atoms with Crippen molar-refractivity contribution in [1.29, 1.82) is 0 Å². The second-order valence-corrected chi connectivity index (χ2v) is 4.85. The number of halogens is 2. The highest BCUT2D eigenvalue weighted by Gasteiger charge is 2.12.